The van der Waals surface area contributed by atoms with Gasteiger partial charge in [0.15, 0.2) is 0 Å². The third kappa shape index (κ3) is 2.94. The van der Waals surface area contributed by atoms with E-state index in [0.717, 1.165) is 42.7 Å². The minimum atomic E-state index is -0.851. The Kier molecular flexibility index (Phi) is 4.65. The average Bonchev–Trinajstić information content (AvgIpc) is 3.01. The first-order valence-electron chi connectivity index (χ1n) is 8.64. The molecule has 3 rings (SSSR count). The van der Waals surface area contributed by atoms with Gasteiger partial charge in [0.05, 0.1) is 5.56 Å². The van der Waals surface area contributed by atoms with Crippen LogP contribution in [-0.2, 0) is 0 Å². The number of likely N-dealkylation sites (tertiary alicyclic amines) is 1. The SMILES string of the molecule is Cc1c(C(=O)O)cc2cccn2c1C(C)N1CCC(N(C)C)CC1. The van der Waals surface area contributed by atoms with Crippen molar-refractivity contribution in [3.63, 3.8) is 0 Å². The molecule has 0 amide bonds. The van der Waals surface area contributed by atoms with Crippen LogP contribution in [-0.4, -0.2) is 58.5 Å². The Balaban J connectivity index is 1.95. The van der Waals surface area contributed by atoms with E-state index in [9.17, 15) is 9.90 Å². The van der Waals surface area contributed by atoms with Crippen LogP contribution in [0.25, 0.3) is 5.52 Å². The monoisotopic (exact) mass is 329 g/mol. The number of aromatic carboxylic acids is 1. The fourth-order valence-electron chi connectivity index (χ4n) is 4.01. The van der Waals surface area contributed by atoms with Crippen molar-refractivity contribution in [1.82, 2.24) is 14.2 Å². The number of nitrogens with zero attached hydrogens (tertiary/aromatic N) is 3. The molecule has 1 aliphatic heterocycles. The van der Waals surface area contributed by atoms with E-state index in [1.54, 1.807) is 6.07 Å². The minimum Gasteiger partial charge on any atom is -0.478 e. The zero-order valence-electron chi connectivity index (χ0n) is 15.0. The highest BCUT2D eigenvalue weighted by molar-refractivity contribution is 5.91. The van der Waals surface area contributed by atoms with Crippen molar-refractivity contribution in [3.8, 4) is 0 Å². The van der Waals surface area contributed by atoms with Crippen LogP contribution in [0.4, 0.5) is 0 Å². The maximum Gasteiger partial charge on any atom is 0.336 e. The summed E-state index contributed by atoms with van der Waals surface area (Å²) in [7, 11) is 4.29. The normalized spacial score (nSPS) is 18.4. The lowest BCUT2D eigenvalue weighted by Crippen LogP contribution is -2.43. The highest BCUT2D eigenvalue weighted by atomic mass is 16.4. The maximum absolute atomic E-state index is 11.6. The molecule has 0 aliphatic carbocycles. The zero-order valence-corrected chi connectivity index (χ0v) is 15.0. The molecule has 5 heteroatoms. The van der Waals surface area contributed by atoms with Crippen molar-refractivity contribution >= 4 is 11.5 Å². The molecule has 0 bridgehead atoms. The van der Waals surface area contributed by atoms with E-state index in [-0.39, 0.29) is 6.04 Å². The van der Waals surface area contributed by atoms with E-state index in [0.29, 0.717) is 11.6 Å². The molecule has 1 unspecified atom stereocenters. The summed E-state index contributed by atoms with van der Waals surface area (Å²) in [6.45, 7) is 6.22. The molecule has 2 aromatic rings. The van der Waals surface area contributed by atoms with Gasteiger partial charge in [0.25, 0.3) is 0 Å². The van der Waals surface area contributed by atoms with Gasteiger partial charge in [0, 0.05) is 42.6 Å². The highest BCUT2D eigenvalue weighted by Crippen LogP contribution is 2.30. The van der Waals surface area contributed by atoms with Gasteiger partial charge < -0.3 is 14.4 Å². The number of hydrogen-bond donors (Lipinski definition) is 1. The van der Waals surface area contributed by atoms with E-state index in [2.05, 4.69) is 35.2 Å². The summed E-state index contributed by atoms with van der Waals surface area (Å²) in [6.07, 6.45) is 4.35. The van der Waals surface area contributed by atoms with E-state index < -0.39 is 5.97 Å². The quantitative estimate of drug-likeness (QED) is 0.937. The number of fused-ring (bicyclic) bond motifs is 1. The van der Waals surface area contributed by atoms with Crippen molar-refractivity contribution in [2.75, 3.05) is 27.2 Å². The van der Waals surface area contributed by atoms with Gasteiger partial charge in [-0.2, -0.15) is 0 Å². The van der Waals surface area contributed by atoms with E-state index >= 15 is 0 Å². The molecule has 0 aromatic carbocycles. The fourth-order valence-corrected chi connectivity index (χ4v) is 4.01. The van der Waals surface area contributed by atoms with Crippen LogP contribution in [0.2, 0.25) is 0 Å². The maximum atomic E-state index is 11.6. The van der Waals surface area contributed by atoms with Crippen LogP contribution in [0.3, 0.4) is 0 Å². The number of hydrogen-bond acceptors (Lipinski definition) is 3. The molecule has 5 nitrogen and oxygen atoms in total. The summed E-state index contributed by atoms with van der Waals surface area (Å²) in [4.78, 5) is 16.4. The molecule has 2 aromatic heterocycles. The van der Waals surface area contributed by atoms with Crippen LogP contribution in [0.1, 0.15) is 47.4 Å². The fraction of sp³-hybridized carbons (Fsp3) is 0.526. The Morgan fingerprint density at radius 1 is 1.33 bits per heavy atom. The molecule has 1 fully saturated rings. The number of pyridine rings is 1. The third-order valence-corrected chi connectivity index (χ3v) is 5.52. The number of carbonyl (C=O) groups is 1. The molecule has 1 aliphatic rings. The number of carboxylic acids is 1. The van der Waals surface area contributed by atoms with Gasteiger partial charge in [-0.25, -0.2) is 4.79 Å². The van der Waals surface area contributed by atoms with Crippen molar-refractivity contribution in [2.24, 2.45) is 0 Å². The van der Waals surface area contributed by atoms with Gasteiger partial charge >= 0.3 is 5.97 Å². The Labute approximate surface area is 143 Å². The molecule has 3 heterocycles. The van der Waals surface area contributed by atoms with Gasteiger partial charge in [-0.1, -0.05) is 0 Å². The van der Waals surface area contributed by atoms with Crippen molar-refractivity contribution in [3.05, 3.63) is 41.2 Å². The van der Waals surface area contributed by atoms with E-state index in [1.165, 1.54) is 0 Å². The molecule has 130 valence electrons. The smallest absolute Gasteiger partial charge is 0.336 e. The molecular weight excluding hydrogens is 302 g/mol. The Hall–Kier alpha value is -1.85. The second kappa shape index (κ2) is 6.57. The number of carboxylic acid groups (broad SMARTS) is 1. The summed E-state index contributed by atoms with van der Waals surface area (Å²) in [5.74, 6) is -0.851. The van der Waals surface area contributed by atoms with Crippen molar-refractivity contribution in [1.29, 1.82) is 0 Å². The number of rotatable bonds is 4. The summed E-state index contributed by atoms with van der Waals surface area (Å²) in [5, 5.41) is 9.55. The standard InChI is InChI=1S/C19H27N3O2/c1-13-17(19(23)24)12-16-6-5-9-22(16)18(13)14(2)21-10-7-15(8-11-21)20(3)4/h5-6,9,12,14-15H,7-8,10-11H2,1-4H3,(H,23,24). The molecule has 0 spiro atoms. The van der Waals surface area contributed by atoms with Crippen LogP contribution in [0.15, 0.2) is 24.4 Å². The summed E-state index contributed by atoms with van der Waals surface area (Å²) < 4.78 is 2.14. The molecular formula is C19H27N3O2. The first-order valence-corrected chi connectivity index (χ1v) is 8.64. The lowest BCUT2D eigenvalue weighted by atomic mass is 9.98. The van der Waals surface area contributed by atoms with Crippen molar-refractivity contribution in [2.45, 2.75) is 38.8 Å². The minimum absolute atomic E-state index is 0.197. The summed E-state index contributed by atoms with van der Waals surface area (Å²) in [5.41, 5.74) is 3.32. The molecule has 24 heavy (non-hydrogen) atoms. The zero-order chi connectivity index (χ0) is 17.4. The van der Waals surface area contributed by atoms with Crippen LogP contribution in [0.5, 0.6) is 0 Å². The number of piperidine rings is 1. The second-order valence-electron chi connectivity index (χ2n) is 7.08. The number of aromatic nitrogens is 1. The topological polar surface area (TPSA) is 48.2 Å². The van der Waals surface area contributed by atoms with Gasteiger partial charge in [0.1, 0.15) is 0 Å². The highest BCUT2D eigenvalue weighted by Gasteiger charge is 2.27. The molecule has 1 saturated heterocycles. The van der Waals surface area contributed by atoms with E-state index in [4.69, 9.17) is 0 Å². The van der Waals surface area contributed by atoms with Gasteiger partial charge in [-0.3, -0.25) is 4.90 Å². The first kappa shape index (κ1) is 17.0. The van der Waals surface area contributed by atoms with Crippen LogP contribution in [0, 0.1) is 6.92 Å². The molecule has 0 radical (unpaired) electrons. The molecule has 0 saturated carbocycles. The van der Waals surface area contributed by atoms with Crippen LogP contribution < -0.4 is 0 Å². The largest absolute Gasteiger partial charge is 0.478 e. The Morgan fingerprint density at radius 3 is 2.58 bits per heavy atom. The van der Waals surface area contributed by atoms with E-state index in [1.807, 2.05) is 25.3 Å². The lowest BCUT2D eigenvalue weighted by molar-refractivity contribution is 0.0695. The average molecular weight is 329 g/mol. The molecule has 1 atom stereocenters. The predicted octanol–water partition coefficient (Wildman–Crippen LogP) is 3.03. The third-order valence-electron chi connectivity index (χ3n) is 5.52. The van der Waals surface area contributed by atoms with Gasteiger partial charge in [0.2, 0.25) is 0 Å². The first-order chi connectivity index (χ1) is 11.4. The predicted molar refractivity (Wildman–Crippen MR) is 95.8 cm³/mol. The summed E-state index contributed by atoms with van der Waals surface area (Å²) >= 11 is 0. The lowest BCUT2D eigenvalue weighted by Gasteiger charge is -2.39. The van der Waals surface area contributed by atoms with Gasteiger partial charge in [-0.05, 0) is 64.5 Å². The Morgan fingerprint density at radius 2 is 2.00 bits per heavy atom. The van der Waals surface area contributed by atoms with Crippen LogP contribution >= 0.6 is 0 Å². The Bertz CT molecular complexity index is 742. The molecule has 1 N–H and O–H groups in total. The summed E-state index contributed by atoms with van der Waals surface area (Å²) in [6, 6.07) is 6.57. The second-order valence-corrected chi connectivity index (χ2v) is 7.08. The van der Waals surface area contributed by atoms with Crippen molar-refractivity contribution < 1.29 is 9.90 Å². The van der Waals surface area contributed by atoms with Gasteiger partial charge in [-0.15, -0.1) is 0 Å².